The quantitative estimate of drug-likeness (QED) is 0.887. The third kappa shape index (κ3) is 3.38. The minimum atomic E-state index is 0.105. The van der Waals surface area contributed by atoms with Gasteiger partial charge in [0.05, 0.1) is 13.5 Å². The fourth-order valence-electron chi connectivity index (χ4n) is 3.73. The van der Waals surface area contributed by atoms with Crippen LogP contribution in [0.4, 0.5) is 0 Å². The largest absolute Gasteiger partial charge is 0.496 e. The molecule has 1 aromatic carbocycles. The van der Waals surface area contributed by atoms with Gasteiger partial charge in [-0.1, -0.05) is 18.2 Å². The van der Waals surface area contributed by atoms with Crippen molar-refractivity contribution in [2.45, 2.75) is 31.7 Å². The summed E-state index contributed by atoms with van der Waals surface area (Å²) in [4.78, 5) is 12.3. The second-order valence-electron chi connectivity index (χ2n) is 6.24. The van der Waals surface area contributed by atoms with Gasteiger partial charge in [0, 0.05) is 11.6 Å². The van der Waals surface area contributed by atoms with E-state index in [2.05, 4.69) is 10.6 Å². The molecule has 21 heavy (non-hydrogen) atoms. The number of carbonyl (C=O) groups excluding carboxylic acids is 1. The normalized spacial score (nSPS) is 28.0. The molecular formula is C17H24N2O2. The van der Waals surface area contributed by atoms with E-state index < -0.39 is 0 Å². The topological polar surface area (TPSA) is 50.4 Å². The van der Waals surface area contributed by atoms with Gasteiger partial charge in [-0.2, -0.15) is 0 Å². The van der Waals surface area contributed by atoms with Gasteiger partial charge in [-0.05, 0) is 50.3 Å². The zero-order valence-corrected chi connectivity index (χ0v) is 12.6. The molecule has 2 aliphatic rings. The maximum Gasteiger partial charge on any atom is 0.224 e. The van der Waals surface area contributed by atoms with E-state index in [0.717, 1.165) is 49.1 Å². The zero-order valence-electron chi connectivity index (χ0n) is 12.6. The molecule has 4 nitrogen and oxygen atoms in total. The molecule has 4 heteroatoms. The van der Waals surface area contributed by atoms with E-state index >= 15 is 0 Å². The van der Waals surface area contributed by atoms with Crippen LogP contribution in [-0.2, 0) is 11.2 Å². The highest BCUT2D eigenvalue weighted by atomic mass is 16.5. The smallest absolute Gasteiger partial charge is 0.224 e. The summed E-state index contributed by atoms with van der Waals surface area (Å²) in [5.74, 6) is 2.47. The van der Waals surface area contributed by atoms with Crippen LogP contribution in [0.25, 0.3) is 0 Å². The molecule has 1 aliphatic carbocycles. The van der Waals surface area contributed by atoms with Gasteiger partial charge in [-0.15, -0.1) is 0 Å². The number of methoxy groups -OCH3 is 1. The van der Waals surface area contributed by atoms with Crippen molar-refractivity contribution in [2.24, 2.45) is 11.8 Å². The molecule has 1 aliphatic heterocycles. The molecule has 0 aromatic heterocycles. The maximum atomic E-state index is 12.3. The third-order valence-electron chi connectivity index (χ3n) is 4.86. The van der Waals surface area contributed by atoms with E-state index in [-0.39, 0.29) is 5.91 Å². The Morgan fingerprint density at radius 1 is 1.29 bits per heavy atom. The molecule has 1 amide bonds. The maximum absolute atomic E-state index is 12.3. The molecule has 0 spiro atoms. The SMILES string of the molecule is COc1ccccc1CC(=O)NC1CC[C@H]2CNC[C@H]2C1. The van der Waals surface area contributed by atoms with Gasteiger partial charge in [0.25, 0.3) is 0 Å². The summed E-state index contributed by atoms with van der Waals surface area (Å²) in [6.45, 7) is 2.27. The minimum Gasteiger partial charge on any atom is -0.496 e. The van der Waals surface area contributed by atoms with Crippen molar-refractivity contribution in [3.8, 4) is 5.75 Å². The summed E-state index contributed by atoms with van der Waals surface area (Å²) in [7, 11) is 1.64. The van der Waals surface area contributed by atoms with Gasteiger partial charge in [0.1, 0.15) is 5.75 Å². The summed E-state index contributed by atoms with van der Waals surface area (Å²) < 4.78 is 5.30. The van der Waals surface area contributed by atoms with Crippen molar-refractivity contribution >= 4 is 5.91 Å². The van der Waals surface area contributed by atoms with E-state index in [9.17, 15) is 4.79 Å². The van der Waals surface area contributed by atoms with Crippen molar-refractivity contribution in [1.29, 1.82) is 0 Å². The fourth-order valence-corrected chi connectivity index (χ4v) is 3.73. The molecular weight excluding hydrogens is 264 g/mol. The Hall–Kier alpha value is -1.55. The van der Waals surface area contributed by atoms with Gasteiger partial charge in [-0.3, -0.25) is 4.79 Å². The molecule has 0 bridgehead atoms. The Bertz CT molecular complexity index is 503. The number of fused-ring (bicyclic) bond motifs is 1. The van der Waals surface area contributed by atoms with Crippen LogP contribution < -0.4 is 15.4 Å². The molecule has 1 heterocycles. The summed E-state index contributed by atoms with van der Waals surface area (Å²) in [6.07, 6.45) is 3.86. The Labute approximate surface area is 126 Å². The lowest BCUT2D eigenvalue weighted by molar-refractivity contribution is -0.121. The number of para-hydroxylation sites is 1. The molecule has 1 saturated carbocycles. The number of ether oxygens (including phenoxy) is 1. The molecule has 1 unspecified atom stereocenters. The van der Waals surface area contributed by atoms with Crippen LogP contribution in [0, 0.1) is 11.8 Å². The molecule has 2 N–H and O–H groups in total. The molecule has 3 atom stereocenters. The lowest BCUT2D eigenvalue weighted by Crippen LogP contribution is -2.41. The first-order chi connectivity index (χ1) is 10.3. The van der Waals surface area contributed by atoms with Gasteiger partial charge >= 0.3 is 0 Å². The van der Waals surface area contributed by atoms with Gasteiger partial charge in [0.2, 0.25) is 5.91 Å². The fraction of sp³-hybridized carbons (Fsp3) is 0.588. The Kier molecular flexibility index (Phi) is 4.44. The van der Waals surface area contributed by atoms with Gasteiger partial charge in [-0.25, -0.2) is 0 Å². The average molecular weight is 288 g/mol. The molecule has 114 valence electrons. The Balaban J connectivity index is 1.54. The Morgan fingerprint density at radius 2 is 2.10 bits per heavy atom. The number of carbonyl (C=O) groups is 1. The van der Waals surface area contributed by atoms with Crippen molar-refractivity contribution in [3.05, 3.63) is 29.8 Å². The monoisotopic (exact) mass is 288 g/mol. The highest BCUT2D eigenvalue weighted by Crippen LogP contribution is 2.32. The van der Waals surface area contributed by atoms with E-state index in [1.807, 2.05) is 24.3 Å². The van der Waals surface area contributed by atoms with Crippen LogP contribution in [0.3, 0.4) is 0 Å². The van der Waals surface area contributed by atoms with E-state index in [0.29, 0.717) is 12.5 Å². The highest BCUT2D eigenvalue weighted by molar-refractivity contribution is 5.79. The first kappa shape index (κ1) is 14.4. The molecule has 0 radical (unpaired) electrons. The van der Waals surface area contributed by atoms with Gasteiger partial charge in [0.15, 0.2) is 0 Å². The number of hydrogen-bond acceptors (Lipinski definition) is 3. The van der Waals surface area contributed by atoms with Crippen LogP contribution in [0.5, 0.6) is 5.75 Å². The van der Waals surface area contributed by atoms with Crippen LogP contribution in [0.2, 0.25) is 0 Å². The highest BCUT2D eigenvalue weighted by Gasteiger charge is 2.34. The number of nitrogens with one attached hydrogen (secondary N) is 2. The average Bonchev–Trinajstić information content (AvgIpc) is 2.95. The van der Waals surface area contributed by atoms with Crippen LogP contribution in [0.1, 0.15) is 24.8 Å². The predicted molar refractivity (Wildman–Crippen MR) is 82.3 cm³/mol. The van der Waals surface area contributed by atoms with Crippen LogP contribution >= 0.6 is 0 Å². The van der Waals surface area contributed by atoms with Crippen molar-refractivity contribution in [3.63, 3.8) is 0 Å². The Morgan fingerprint density at radius 3 is 2.95 bits per heavy atom. The summed E-state index contributed by atoms with van der Waals surface area (Å²) in [5.41, 5.74) is 0.953. The molecule has 2 fully saturated rings. The lowest BCUT2D eigenvalue weighted by atomic mass is 9.79. The van der Waals surface area contributed by atoms with Gasteiger partial charge < -0.3 is 15.4 Å². The third-order valence-corrected chi connectivity index (χ3v) is 4.86. The molecule has 1 saturated heterocycles. The predicted octanol–water partition coefficient (Wildman–Crippen LogP) is 1.74. The number of rotatable bonds is 4. The van der Waals surface area contributed by atoms with Crippen molar-refractivity contribution in [2.75, 3.05) is 20.2 Å². The number of benzene rings is 1. The van der Waals surface area contributed by atoms with Crippen molar-refractivity contribution < 1.29 is 9.53 Å². The second kappa shape index (κ2) is 6.48. The number of hydrogen-bond donors (Lipinski definition) is 2. The first-order valence-corrected chi connectivity index (χ1v) is 7.88. The standard InChI is InChI=1S/C17H24N2O2/c1-21-16-5-3-2-4-12(16)9-17(20)19-15-7-6-13-10-18-11-14(13)8-15/h2-5,13-15,18H,6-11H2,1H3,(H,19,20)/t13-,14+,15?/m0/s1. The van der Waals surface area contributed by atoms with Crippen LogP contribution in [0.15, 0.2) is 24.3 Å². The van der Waals surface area contributed by atoms with Crippen LogP contribution in [-0.4, -0.2) is 32.1 Å². The van der Waals surface area contributed by atoms with Crippen molar-refractivity contribution in [1.82, 2.24) is 10.6 Å². The van der Waals surface area contributed by atoms with E-state index in [1.54, 1.807) is 7.11 Å². The van der Waals surface area contributed by atoms with E-state index in [1.165, 1.54) is 6.42 Å². The first-order valence-electron chi connectivity index (χ1n) is 7.88. The lowest BCUT2D eigenvalue weighted by Gasteiger charge is -2.31. The zero-order chi connectivity index (χ0) is 14.7. The van der Waals surface area contributed by atoms with E-state index in [4.69, 9.17) is 4.74 Å². The molecule has 1 aromatic rings. The second-order valence-corrected chi connectivity index (χ2v) is 6.24. The molecule has 3 rings (SSSR count). The summed E-state index contributed by atoms with van der Waals surface area (Å²) >= 11 is 0. The summed E-state index contributed by atoms with van der Waals surface area (Å²) in [5, 5.41) is 6.67. The minimum absolute atomic E-state index is 0.105. The number of amides is 1. The summed E-state index contributed by atoms with van der Waals surface area (Å²) in [6, 6.07) is 8.07.